The van der Waals surface area contributed by atoms with Gasteiger partial charge in [-0.25, -0.2) is 0 Å². The SMILES string of the molecule is COc1ccc(OC)c(NC(=O)C2(C)Oc3ccccc3NC2=O)c1. The molecule has 7 nitrogen and oxygen atoms in total. The summed E-state index contributed by atoms with van der Waals surface area (Å²) in [5.41, 5.74) is -0.817. The standard InChI is InChI=1S/C18H18N2O5/c1-18(16(21)19-12-6-4-5-7-15(12)25-18)17(22)20-13-10-11(23-2)8-9-14(13)24-3/h4-10H,1-3H3,(H,19,21)(H,20,22). The maximum Gasteiger partial charge on any atom is 0.278 e. The van der Waals surface area contributed by atoms with E-state index in [9.17, 15) is 9.59 Å². The Morgan fingerprint density at radius 2 is 1.92 bits per heavy atom. The first-order valence-electron chi connectivity index (χ1n) is 7.61. The summed E-state index contributed by atoms with van der Waals surface area (Å²) >= 11 is 0. The van der Waals surface area contributed by atoms with Crippen LogP contribution in [0.2, 0.25) is 0 Å². The quantitative estimate of drug-likeness (QED) is 0.834. The molecule has 0 bridgehead atoms. The summed E-state index contributed by atoms with van der Waals surface area (Å²) in [5, 5.41) is 5.37. The van der Waals surface area contributed by atoms with E-state index in [-0.39, 0.29) is 0 Å². The lowest BCUT2D eigenvalue weighted by molar-refractivity contribution is -0.143. The van der Waals surface area contributed by atoms with Gasteiger partial charge in [0.05, 0.1) is 25.6 Å². The van der Waals surface area contributed by atoms with E-state index in [0.29, 0.717) is 28.6 Å². The van der Waals surface area contributed by atoms with Crippen molar-refractivity contribution in [3.63, 3.8) is 0 Å². The second-order valence-corrected chi connectivity index (χ2v) is 5.61. The van der Waals surface area contributed by atoms with Crippen molar-refractivity contribution in [3.05, 3.63) is 42.5 Å². The summed E-state index contributed by atoms with van der Waals surface area (Å²) in [6.07, 6.45) is 0. The molecule has 2 aromatic carbocycles. The summed E-state index contributed by atoms with van der Waals surface area (Å²) in [7, 11) is 3.00. The predicted octanol–water partition coefficient (Wildman–Crippen LogP) is 2.43. The maximum absolute atomic E-state index is 12.8. The lowest BCUT2D eigenvalue weighted by atomic mass is 10.0. The van der Waals surface area contributed by atoms with Gasteiger partial charge in [0.2, 0.25) is 0 Å². The van der Waals surface area contributed by atoms with E-state index in [4.69, 9.17) is 14.2 Å². The minimum absolute atomic E-state index is 0.378. The fraction of sp³-hybridized carbons (Fsp3) is 0.222. The van der Waals surface area contributed by atoms with Crippen LogP contribution in [-0.4, -0.2) is 31.6 Å². The van der Waals surface area contributed by atoms with E-state index in [1.807, 2.05) is 0 Å². The van der Waals surface area contributed by atoms with Crippen LogP contribution < -0.4 is 24.8 Å². The maximum atomic E-state index is 12.8. The average Bonchev–Trinajstić information content (AvgIpc) is 2.62. The summed E-state index contributed by atoms with van der Waals surface area (Å²) < 4.78 is 16.1. The van der Waals surface area contributed by atoms with Gasteiger partial charge < -0.3 is 24.8 Å². The molecule has 1 aliphatic rings. The molecule has 0 saturated carbocycles. The summed E-state index contributed by atoms with van der Waals surface area (Å²) in [6, 6.07) is 11.9. The Balaban J connectivity index is 1.90. The summed E-state index contributed by atoms with van der Waals surface area (Å²) in [4.78, 5) is 25.2. The number of anilines is 2. The van der Waals surface area contributed by atoms with Crippen molar-refractivity contribution in [2.75, 3.05) is 24.9 Å². The number of fused-ring (bicyclic) bond motifs is 1. The van der Waals surface area contributed by atoms with Crippen LogP contribution in [0.4, 0.5) is 11.4 Å². The van der Waals surface area contributed by atoms with Crippen molar-refractivity contribution >= 4 is 23.2 Å². The highest BCUT2D eigenvalue weighted by molar-refractivity contribution is 6.19. The summed E-state index contributed by atoms with van der Waals surface area (Å²) in [5.74, 6) is 0.240. The van der Waals surface area contributed by atoms with Crippen molar-refractivity contribution in [2.45, 2.75) is 12.5 Å². The largest absolute Gasteiger partial charge is 0.497 e. The molecule has 1 atom stereocenters. The number of nitrogens with one attached hydrogen (secondary N) is 2. The molecule has 0 aromatic heterocycles. The number of carbonyl (C=O) groups is 2. The highest BCUT2D eigenvalue weighted by Crippen LogP contribution is 2.35. The van der Waals surface area contributed by atoms with Crippen LogP contribution in [0.25, 0.3) is 0 Å². The number of amides is 2. The van der Waals surface area contributed by atoms with Crippen LogP contribution in [0.1, 0.15) is 6.92 Å². The zero-order valence-electron chi connectivity index (χ0n) is 14.1. The molecule has 1 heterocycles. The summed E-state index contributed by atoms with van der Waals surface area (Å²) in [6.45, 7) is 1.42. The molecule has 7 heteroatoms. The van der Waals surface area contributed by atoms with E-state index in [1.54, 1.807) is 42.5 Å². The molecule has 2 N–H and O–H groups in total. The van der Waals surface area contributed by atoms with Crippen LogP contribution in [0.15, 0.2) is 42.5 Å². The van der Waals surface area contributed by atoms with Crippen LogP contribution in [0, 0.1) is 0 Å². The van der Waals surface area contributed by atoms with E-state index < -0.39 is 17.4 Å². The Labute approximate surface area is 144 Å². The first-order chi connectivity index (χ1) is 12.0. The molecule has 25 heavy (non-hydrogen) atoms. The Kier molecular flexibility index (Phi) is 4.22. The van der Waals surface area contributed by atoms with Gasteiger partial charge in [-0.3, -0.25) is 9.59 Å². The molecule has 0 saturated heterocycles. The zero-order valence-corrected chi connectivity index (χ0v) is 14.1. The van der Waals surface area contributed by atoms with E-state index in [1.165, 1.54) is 21.1 Å². The van der Waals surface area contributed by atoms with Gasteiger partial charge in [0.15, 0.2) is 0 Å². The lowest BCUT2D eigenvalue weighted by Crippen LogP contribution is -2.56. The van der Waals surface area contributed by atoms with Crippen LogP contribution in [-0.2, 0) is 9.59 Å². The predicted molar refractivity (Wildman–Crippen MR) is 92.3 cm³/mol. The normalized spacial score (nSPS) is 18.4. The molecular formula is C18H18N2O5. The third-order valence-corrected chi connectivity index (χ3v) is 3.97. The average molecular weight is 342 g/mol. The fourth-order valence-electron chi connectivity index (χ4n) is 2.47. The number of benzene rings is 2. The minimum atomic E-state index is -1.72. The van der Waals surface area contributed by atoms with Crippen molar-refractivity contribution < 1.29 is 23.8 Å². The van der Waals surface area contributed by atoms with Gasteiger partial charge in [0.1, 0.15) is 17.2 Å². The number of rotatable bonds is 4. The van der Waals surface area contributed by atoms with Gasteiger partial charge in [0.25, 0.3) is 17.4 Å². The Bertz CT molecular complexity index is 836. The number of carbonyl (C=O) groups excluding carboxylic acids is 2. The number of para-hydroxylation sites is 2. The molecular weight excluding hydrogens is 324 g/mol. The van der Waals surface area contributed by atoms with E-state index in [0.717, 1.165) is 0 Å². The second kappa shape index (κ2) is 6.35. The van der Waals surface area contributed by atoms with Crippen LogP contribution >= 0.6 is 0 Å². The van der Waals surface area contributed by atoms with Gasteiger partial charge >= 0.3 is 0 Å². The topological polar surface area (TPSA) is 85.9 Å². The molecule has 1 aliphatic heterocycles. The molecule has 0 fully saturated rings. The molecule has 1 unspecified atom stereocenters. The number of hydrogen-bond acceptors (Lipinski definition) is 5. The fourth-order valence-corrected chi connectivity index (χ4v) is 2.47. The van der Waals surface area contributed by atoms with Crippen molar-refractivity contribution in [3.8, 4) is 17.2 Å². The van der Waals surface area contributed by atoms with E-state index in [2.05, 4.69) is 10.6 Å². The highest BCUT2D eigenvalue weighted by atomic mass is 16.5. The molecule has 0 spiro atoms. The second-order valence-electron chi connectivity index (χ2n) is 5.61. The van der Waals surface area contributed by atoms with Crippen LogP contribution in [0.3, 0.4) is 0 Å². The highest BCUT2D eigenvalue weighted by Gasteiger charge is 2.47. The Morgan fingerprint density at radius 3 is 2.64 bits per heavy atom. The molecule has 130 valence electrons. The van der Waals surface area contributed by atoms with Gasteiger partial charge in [-0.2, -0.15) is 0 Å². The van der Waals surface area contributed by atoms with Gasteiger partial charge in [0, 0.05) is 6.07 Å². The minimum Gasteiger partial charge on any atom is -0.497 e. The molecule has 0 radical (unpaired) electrons. The first-order valence-corrected chi connectivity index (χ1v) is 7.61. The number of ether oxygens (including phenoxy) is 3. The zero-order chi connectivity index (χ0) is 18.0. The molecule has 3 rings (SSSR count). The number of methoxy groups -OCH3 is 2. The smallest absolute Gasteiger partial charge is 0.278 e. The van der Waals surface area contributed by atoms with Crippen molar-refractivity contribution in [1.29, 1.82) is 0 Å². The lowest BCUT2D eigenvalue weighted by Gasteiger charge is -2.33. The third-order valence-electron chi connectivity index (χ3n) is 3.97. The van der Waals surface area contributed by atoms with Crippen LogP contribution in [0.5, 0.6) is 17.2 Å². The Hall–Kier alpha value is -3.22. The van der Waals surface area contributed by atoms with E-state index >= 15 is 0 Å². The van der Waals surface area contributed by atoms with Crippen molar-refractivity contribution in [1.82, 2.24) is 0 Å². The van der Waals surface area contributed by atoms with Gasteiger partial charge in [-0.05, 0) is 31.2 Å². The monoisotopic (exact) mass is 342 g/mol. The third kappa shape index (κ3) is 2.96. The first kappa shape index (κ1) is 16.6. The molecule has 2 aromatic rings. The number of hydrogen-bond donors (Lipinski definition) is 2. The van der Waals surface area contributed by atoms with Gasteiger partial charge in [-0.15, -0.1) is 0 Å². The Morgan fingerprint density at radius 1 is 1.16 bits per heavy atom. The van der Waals surface area contributed by atoms with Crippen molar-refractivity contribution in [2.24, 2.45) is 0 Å². The molecule has 2 amide bonds. The molecule has 0 aliphatic carbocycles. The van der Waals surface area contributed by atoms with Gasteiger partial charge in [-0.1, -0.05) is 12.1 Å².